The van der Waals surface area contributed by atoms with Crippen LogP contribution in [0.2, 0.25) is 0 Å². The normalized spacial score (nSPS) is 12.2. The maximum Gasteiger partial charge on any atom is 0.328 e. The van der Waals surface area contributed by atoms with E-state index in [2.05, 4.69) is 92.6 Å². The van der Waals surface area contributed by atoms with E-state index in [1.54, 1.807) is 6.92 Å². The largest absolute Gasteiger partial charge is 0.493 e. The van der Waals surface area contributed by atoms with Gasteiger partial charge in [-0.2, -0.15) is 0 Å². The lowest BCUT2D eigenvalue weighted by molar-refractivity contribution is -0.116. The van der Waals surface area contributed by atoms with Crippen molar-refractivity contribution in [1.82, 2.24) is 9.55 Å². The number of hydrogen-bond acceptors (Lipinski definition) is 7. The molecule has 2 N–H and O–H groups in total. The zero-order valence-corrected chi connectivity index (χ0v) is 33.9. The lowest BCUT2D eigenvalue weighted by Gasteiger charge is -2.23. The van der Waals surface area contributed by atoms with Gasteiger partial charge < -0.3 is 24.3 Å². The number of aromatic amines is 1. The number of hydrogen-bond donors (Lipinski definition) is 2. The van der Waals surface area contributed by atoms with Gasteiger partial charge in [-0.3, -0.25) is 19.1 Å². The van der Waals surface area contributed by atoms with Crippen LogP contribution in [0.5, 0.6) is 23.0 Å². The summed E-state index contributed by atoms with van der Waals surface area (Å²) in [5.41, 5.74) is 7.86. The summed E-state index contributed by atoms with van der Waals surface area (Å²) in [5.74, 6) is 2.93. The fourth-order valence-electron chi connectivity index (χ4n) is 7.31. The zero-order valence-electron chi connectivity index (χ0n) is 33.9. The number of aromatic nitrogens is 2. The van der Waals surface area contributed by atoms with Crippen LogP contribution in [0.4, 0.5) is 5.69 Å². The molecule has 1 aliphatic carbocycles. The van der Waals surface area contributed by atoms with E-state index in [0.29, 0.717) is 63.4 Å². The predicted octanol–water partition coefficient (Wildman–Crippen LogP) is 8.32. The molecule has 8 bridgehead atoms. The van der Waals surface area contributed by atoms with E-state index >= 15 is 0 Å². The summed E-state index contributed by atoms with van der Waals surface area (Å²) < 4.78 is 27.6. The molecule has 10 nitrogen and oxygen atoms in total. The van der Waals surface area contributed by atoms with Crippen molar-refractivity contribution in [3.63, 3.8) is 0 Å². The molecule has 300 valence electrons. The van der Waals surface area contributed by atoms with Gasteiger partial charge in [0.2, 0.25) is 5.91 Å². The highest BCUT2D eigenvalue weighted by Crippen LogP contribution is 2.40. The van der Waals surface area contributed by atoms with Gasteiger partial charge in [-0.15, -0.1) is 0 Å². The van der Waals surface area contributed by atoms with Gasteiger partial charge in [-0.1, -0.05) is 82.3 Å². The van der Waals surface area contributed by atoms with Crippen LogP contribution >= 0.6 is 0 Å². The van der Waals surface area contributed by atoms with Gasteiger partial charge in [0.1, 0.15) is 29.5 Å². The standard InChI is InChI=1S/C47H55N3O7/c1-6-19-54-42-32-13-10-14-33(42)24-35-16-12-18-37(44(35)56-21-8-3)26-39-28-40(48-41(51)30-50-29-31(5)46(52)49-47(50)53)27-38(45(39)57-22-9-4)25-36-17-11-15-34(23-32)43(36)55-20-7-2/h10-18,27-29H,6-9,19-26,30H2,1-5H3,(H,48,51)(H,49,52,53). The number of aryl methyl sites for hydroxylation is 1. The lowest BCUT2D eigenvalue weighted by Crippen LogP contribution is -2.34. The fourth-order valence-corrected chi connectivity index (χ4v) is 7.31. The Labute approximate surface area is 335 Å². The van der Waals surface area contributed by atoms with E-state index in [4.69, 9.17) is 18.9 Å². The van der Waals surface area contributed by atoms with Gasteiger partial charge in [-0.25, -0.2) is 4.79 Å². The number of fused-ring (bicyclic) bond motifs is 8. The Morgan fingerprint density at radius 1 is 0.596 bits per heavy atom. The molecule has 1 aromatic heterocycles. The van der Waals surface area contributed by atoms with Crippen LogP contribution in [0.3, 0.4) is 0 Å². The number of benzene rings is 4. The first-order valence-electron chi connectivity index (χ1n) is 20.3. The monoisotopic (exact) mass is 773 g/mol. The zero-order chi connectivity index (χ0) is 40.3. The maximum atomic E-state index is 13.6. The van der Waals surface area contributed by atoms with Crippen molar-refractivity contribution < 1.29 is 23.7 Å². The molecule has 0 saturated heterocycles. The Hall–Kier alpha value is -5.77. The van der Waals surface area contributed by atoms with Crippen LogP contribution in [0, 0.1) is 6.92 Å². The second-order valence-corrected chi connectivity index (χ2v) is 14.7. The minimum absolute atomic E-state index is 0.270. The molecule has 0 saturated carbocycles. The molecule has 1 amide bonds. The number of H-pyrrole nitrogens is 1. The van der Waals surface area contributed by atoms with Gasteiger partial charge in [0.15, 0.2) is 0 Å². The van der Waals surface area contributed by atoms with Gasteiger partial charge in [0, 0.05) is 54.3 Å². The van der Waals surface area contributed by atoms with Crippen molar-refractivity contribution in [2.45, 2.75) is 92.5 Å². The van der Waals surface area contributed by atoms with E-state index in [0.717, 1.165) is 93.2 Å². The van der Waals surface area contributed by atoms with Crippen molar-refractivity contribution in [3.05, 3.63) is 144 Å². The molecular formula is C47H55N3O7. The highest BCUT2D eigenvalue weighted by atomic mass is 16.5. The van der Waals surface area contributed by atoms with E-state index in [9.17, 15) is 14.4 Å². The number of para-hydroxylation sites is 3. The third-order valence-electron chi connectivity index (χ3n) is 9.89. The van der Waals surface area contributed by atoms with Crippen molar-refractivity contribution in [2.75, 3.05) is 31.7 Å². The van der Waals surface area contributed by atoms with E-state index in [1.165, 1.54) is 10.8 Å². The molecule has 4 aromatic carbocycles. The Balaban J connectivity index is 1.55. The van der Waals surface area contributed by atoms with Gasteiger partial charge in [-0.05, 0) is 78.1 Å². The van der Waals surface area contributed by atoms with Crippen molar-refractivity contribution in [3.8, 4) is 23.0 Å². The summed E-state index contributed by atoms with van der Waals surface area (Å²) in [6.45, 7) is 12.0. The molecule has 0 atom stereocenters. The molecular weight excluding hydrogens is 719 g/mol. The van der Waals surface area contributed by atoms with Crippen LogP contribution in [0.1, 0.15) is 103 Å². The Kier molecular flexibility index (Phi) is 13.9. The Bertz CT molecular complexity index is 2210. The minimum Gasteiger partial charge on any atom is -0.493 e. The van der Waals surface area contributed by atoms with Crippen molar-refractivity contribution in [1.29, 1.82) is 0 Å². The SMILES string of the molecule is CCCOc1c2cccc1Cc1cccc(c1OCCC)Cc1cc(NC(=O)Cn3cc(C)c(=O)[nH]c3=O)cc(c1OCCC)Cc1cccc(c1OCCC)C2. The third-order valence-corrected chi connectivity index (χ3v) is 9.89. The Morgan fingerprint density at radius 2 is 0.947 bits per heavy atom. The van der Waals surface area contributed by atoms with Crippen LogP contribution in [0.15, 0.2) is 82.5 Å². The molecule has 10 heteroatoms. The molecule has 0 unspecified atom stereocenters. The predicted molar refractivity (Wildman–Crippen MR) is 225 cm³/mol. The number of rotatable bonds is 15. The van der Waals surface area contributed by atoms with Crippen LogP contribution in [-0.4, -0.2) is 41.9 Å². The maximum absolute atomic E-state index is 13.6. The number of anilines is 1. The number of carbonyl (C=O) groups excluding carboxylic acids is 1. The second kappa shape index (κ2) is 19.4. The molecule has 0 fully saturated rings. The van der Waals surface area contributed by atoms with E-state index in [1.807, 2.05) is 12.1 Å². The van der Waals surface area contributed by atoms with Crippen LogP contribution < -0.4 is 35.5 Å². The molecule has 0 spiro atoms. The van der Waals surface area contributed by atoms with E-state index in [-0.39, 0.29) is 6.54 Å². The number of ether oxygens (including phenoxy) is 4. The smallest absolute Gasteiger partial charge is 0.328 e. The quantitative estimate of drug-likeness (QED) is 0.108. The number of carbonyl (C=O) groups is 1. The second-order valence-electron chi connectivity index (χ2n) is 14.7. The summed E-state index contributed by atoms with van der Waals surface area (Å²) in [6.07, 6.45) is 6.98. The summed E-state index contributed by atoms with van der Waals surface area (Å²) in [7, 11) is 0. The van der Waals surface area contributed by atoms with E-state index < -0.39 is 17.2 Å². The fraction of sp³-hybridized carbons (Fsp3) is 0.383. The Morgan fingerprint density at radius 3 is 1.32 bits per heavy atom. The van der Waals surface area contributed by atoms with Gasteiger partial charge >= 0.3 is 5.69 Å². The molecule has 0 aliphatic heterocycles. The molecule has 0 radical (unpaired) electrons. The van der Waals surface area contributed by atoms with Crippen molar-refractivity contribution >= 4 is 11.6 Å². The lowest BCUT2D eigenvalue weighted by atomic mass is 9.91. The van der Waals surface area contributed by atoms with Crippen LogP contribution in [-0.2, 0) is 37.0 Å². The average Bonchev–Trinajstić information content (AvgIpc) is 3.18. The average molecular weight is 774 g/mol. The molecule has 57 heavy (non-hydrogen) atoms. The highest BCUT2D eigenvalue weighted by Gasteiger charge is 2.23. The summed E-state index contributed by atoms with van der Waals surface area (Å²) >= 11 is 0. The highest BCUT2D eigenvalue weighted by molar-refractivity contribution is 5.91. The first kappa shape index (κ1) is 40.9. The molecule has 1 aliphatic rings. The summed E-state index contributed by atoms with van der Waals surface area (Å²) in [6, 6.07) is 22.9. The number of nitrogens with zero attached hydrogens (tertiary/aromatic N) is 1. The number of nitrogens with one attached hydrogen (secondary N) is 2. The third kappa shape index (κ3) is 9.97. The molecule has 6 rings (SSSR count). The minimum atomic E-state index is -0.646. The van der Waals surface area contributed by atoms with Crippen molar-refractivity contribution in [2.24, 2.45) is 0 Å². The molecule has 1 heterocycles. The first-order valence-corrected chi connectivity index (χ1v) is 20.3. The number of amides is 1. The van der Waals surface area contributed by atoms with Gasteiger partial charge in [0.25, 0.3) is 5.56 Å². The first-order chi connectivity index (χ1) is 27.7. The van der Waals surface area contributed by atoms with Gasteiger partial charge in [0.05, 0.1) is 26.4 Å². The topological polar surface area (TPSA) is 121 Å². The van der Waals surface area contributed by atoms with Crippen LogP contribution in [0.25, 0.3) is 0 Å². The summed E-state index contributed by atoms with van der Waals surface area (Å²) in [4.78, 5) is 40.5. The molecule has 5 aromatic rings. The summed E-state index contributed by atoms with van der Waals surface area (Å²) in [5, 5.41) is 3.05.